The minimum atomic E-state index is -0.0970. The van der Waals surface area contributed by atoms with E-state index in [0.29, 0.717) is 21.5 Å². The summed E-state index contributed by atoms with van der Waals surface area (Å²) in [5, 5.41) is 0. The van der Waals surface area contributed by atoms with E-state index in [1.165, 1.54) is 11.8 Å². The van der Waals surface area contributed by atoms with Crippen LogP contribution < -0.4 is 0 Å². The Kier molecular flexibility index (Phi) is 3.66. The number of hydrogen-bond donors (Lipinski definition) is 0. The quantitative estimate of drug-likeness (QED) is 0.644. The lowest BCUT2D eigenvalue weighted by atomic mass is 10.2. The molecule has 6 heteroatoms. The van der Waals surface area contributed by atoms with E-state index in [1.54, 1.807) is 35.7 Å². The lowest BCUT2D eigenvalue weighted by molar-refractivity contribution is -0.122. The maximum Gasteiger partial charge on any atom is 0.266 e. The van der Waals surface area contributed by atoms with Gasteiger partial charge < -0.3 is 4.42 Å². The van der Waals surface area contributed by atoms with E-state index in [2.05, 4.69) is 4.98 Å². The zero-order valence-electron chi connectivity index (χ0n) is 10.4. The van der Waals surface area contributed by atoms with E-state index in [-0.39, 0.29) is 5.91 Å². The van der Waals surface area contributed by atoms with Crippen LogP contribution in [0.5, 0.6) is 0 Å². The second kappa shape index (κ2) is 5.60. The summed E-state index contributed by atoms with van der Waals surface area (Å²) in [6, 6.07) is 7.34. The Morgan fingerprint density at radius 2 is 2.30 bits per heavy atom. The molecule has 0 atom stereocenters. The predicted molar refractivity (Wildman–Crippen MR) is 81.7 cm³/mol. The minimum Gasteiger partial charge on any atom is -0.467 e. The fourth-order valence-corrected chi connectivity index (χ4v) is 3.06. The van der Waals surface area contributed by atoms with Gasteiger partial charge in [-0.1, -0.05) is 30.0 Å². The summed E-state index contributed by atoms with van der Waals surface area (Å²) < 4.78 is 5.80. The normalized spacial score (nSPS) is 17.2. The molecule has 0 bridgehead atoms. The largest absolute Gasteiger partial charge is 0.467 e. The van der Waals surface area contributed by atoms with Crippen molar-refractivity contribution in [1.82, 2.24) is 9.88 Å². The average Bonchev–Trinajstić information content (AvgIpc) is 3.05. The maximum atomic E-state index is 12.3. The highest BCUT2D eigenvalue weighted by Gasteiger charge is 2.32. The number of rotatable bonds is 3. The van der Waals surface area contributed by atoms with Crippen molar-refractivity contribution in [2.75, 3.05) is 0 Å². The molecule has 1 fully saturated rings. The minimum absolute atomic E-state index is 0.0970. The van der Waals surface area contributed by atoms with Crippen molar-refractivity contribution in [2.45, 2.75) is 6.54 Å². The number of aromatic nitrogens is 1. The van der Waals surface area contributed by atoms with Crippen LogP contribution in [0.3, 0.4) is 0 Å². The molecule has 1 aliphatic rings. The first-order valence-electron chi connectivity index (χ1n) is 5.92. The van der Waals surface area contributed by atoms with Gasteiger partial charge in [-0.05, 0) is 29.8 Å². The lowest BCUT2D eigenvalue weighted by Crippen LogP contribution is -2.27. The van der Waals surface area contributed by atoms with E-state index in [9.17, 15) is 4.79 Å². The van der Waals surface area contributed by atoms with E-state index < -0.39 is 0 Å². The summed E-state index contributed by atoms with van der Waals surface area (Å²) >= 11 is 6.55. The molecular formula is C14H10N2O2S2. The molecule has 2 aromatic rings. The van der Waals surface area contributed by atoms with Crippen molar-refractivity contribution >= 4 is 40.3 Å². The van der Waals surface area contributed by atoms with Crippen molar-refractivity contribution in [3.8, 4) is 0 Å². The number of furan rings is 1. The molecule has 0 spiro atoms. The van der Waals surface area contributed by atoms with Crippen LogP contribution >= 0.6 is 24.0 Å². The van der Waals surface area contributed by atoms with Crippen molar-refractivity contribution < 1.29 is 9.21 Å². The van der Waals surface area contributed by atoms with E-state index in [1.807, 2.05) is 18.2 Å². The van der Waals surface area contributed by atoms with E-state index in [4.69, 9.17) is 16.6 Å². The third-order valence-electron chi connectivity index (χ3n) is 2.75. The van der Waals surface area contributed by atoms with E-state index >= 15 is 0 Å². The third kappa shape index (κ3) is 2.66. The fourth-order valence-electron chi connectivity index (χ4n) is 1.81. The molecule has 1 amide bonds. The van der Waals surface area contributed by atoms with Gasteiger partial charge in [0.25, 0.3) is 5.91 Å². The lowest BCUT2D eigenvalue weighted by Gasteiger charge is -2.11. The number of thioether (sulfide) groups is 1. The Labute approximate surface area is 125 Å². The van der Waals surface area contributed by atoms with Crippen LogP contribution in [-0.4, -0.2) is 20.1 Å². The first kappa shape index (κ1) is 13.1. The average molecular weight is 302 g/mol. The van der Waals surface area contributed by atoms with Crippen LogP contribution in [0, 0.1) is 0 Å². The second-order valence-corrected chi connectivity index (χ2v) is 5.81. The molecule has 0 N–H and O–H groups in total. The molecule has 0 unspecified atom stereocenters. The van der Waals surface area contributed by atoms with Crippen LogP contribution in [-0.2, 0) is 11.3 Å². The van der Waals surface area contributed by atoms with Gasteiger partial charge in [-0.25, -0.2) is 0 Å². The van der Waals surface area contributed by atoms with Gasteiger partial charge in [0.1, 0.15) is 10.1 Å². The van der Waals surface area contributed by atoms with Gasteiger partial charge in [0, 0.05) is 12.4 Å². The Morgan fingerprint density at radius 3 is 3.00 bits per heavy atom. The summed E-state index contributed by atoms with van der Waals surface area (Å²) in [7, 11) is 0. The molecule has 1 saturated heterocycles. The summed E-state index contributed by atoms with van der Waals surface area (Å²) in [6.07, 6.45) is 6.78. The monoisotopic (exact) mass is 302 g/mol. The van der Waals surface area contributed by atoms with Crippen LogP contribution in [0.4, 0.5) is 0 Å². The summed E-state index contributed by atoms with van der Waals surface area (Å²) in [5.41, 5.74) is 0.881. The zero-order chi connectivity index (χ0) is 13.9. The number of carbonyl (C=O) groups is 1. The van der Waals surface area contributed by atoms with Gasteiger partial charge in [-0.2, -0.15) is 0 Å². The van der Waals surface area contributed by atoms with Crippen molar-refractivity contribution in [3.05, 3.63) is 59.2 Å². The number of carbonyl (C=O) groups excluding carboxylic acids is 1. The highest BCUT2D eigenvalue weighted by molar-refractivity contribution is 8.26. The van der Waals surface area contributed by atoms with Gasteiger partial charge in [0.2, 0.25) is 0 Å². The molecule has 0 saturated carbocycles. The van der Waals surface area contributed by atoms with Crippen LogP contribution in [0.15, 0.2) is 52.2 Å². The molecule has 4 nitrogen and oxygen atoms in total. The molecule has 3 rings (SSSR count). The Hall–Kier alpha value is -1.92. The van der Waals surface area contributed by atoms with Crippen LogP contribution in [0.2, 0.25) is 0 Å². The number of pyridine rings is 1. The molecule has 2 aromatic heterocycles. The van der Waals surface area contributed by atoms with Crippen molar-refractivity contribution in [2.24, 2.45) is 0 Å². The van der Waals surface area contributed by atoms with Crippen LogP contribution in [0.25, 0.3) is 6.08 Å². The van der Waals surface area contributed by atoms with Gasteiger partial charge in [-0.15, -0.1) is 0 Å². The smallest absolute Gasteiger partial charge is 0.266 e. The second-order valence-electron chi connectivity index (χ2n) is 4.13. The predicted octanol–water partition coefficient (Wildman–Crippen LogP) is 3.08. The van der Waals surface area contributed by atoms with Gasteiger partial charge in [0.15, 0.2) is 0 Å². The molecule has 0 aliphatic carbocycles. The zero-order valence-corrected chi connectivity index (χ0v) is 12.0. The van der Waals surface area contributed by atoms with Crippen molar-refractivity contribution in [3.63, 3.8) is 0 Å². The molecule has 0 aromatic carbocycles. The summed E-state index contributed by atoms with van der Waals surface area (Å²) in [6.45, 7) is 0.363. The number of hydrogen-bond acceptors (Lipinski definition) is 5. The highest BCUT2D eigenvalue weighted by atomic mass is 32.2. The van der Waals surface area contributed by atoms with Crippen molar-refractivity contribution in [1.29, 1.82) is 0 Å². The molecule has 1 aliphatic heterocycles. The molecule has 3 heterocycles. The first-order chi connectivity index (χ1) is 9.74. The summed E-state index contributed by atoms with van der Waals surface area (Å²) in [5.74, 6) is 0.615. The maximum absolute atomic E-state index is 12.3. The standard InChI is InChI=1S/C14H10N2O2S2/c17-13-12(7-10-3-1-5-15-8-10)20-14(19)16(13)9-11-4-2-6-18-11/h1-8H,9H2/b12-7+. The van der Waals surface area contributed by atoms with Gasteiger partial charge in [-0.3, -0.25) is 14.7 Å². The first-order valence-corrected chi connectivity index (χ1v) is 7.14. The number of nitrogens with zero attached hydrogens (tertiary/aromatic N) is 2. The Morgan fingerprint density at radius 1 is 1.40 bits per heavy atom. The molecule has 0 radical (unpaired) electrons. The van der Waals surface area contributed by atoms with Gasteiger partial charge in [0.05, 0.1) is 17.7 Å². The Balaban J connectivity index is 1.82. The highest BCUT2D eigenvalue weighted by Crippen LogP contribution is 2.33. The van der Waals surface area contributed by atoms with Crippen LogP contribution in [0.1, 0.15) is 11.3 Å². The number of thiocarbonyl (C=S) groups is 1. The Bertz CT molecular complexity index is 666. The summed E-state index contributed by atoms with van der Waals surface area (Å²) in [4.78, 5) is 18.5. The SMILES string of the molecule is O=C1/C(=C\c2cccnc2)SC(=S)N1Cc1ccco1. The third-order valence-corrected chi connectivity index (χ3v) is 4.13. The molecule has 100 valence electrons. The molecule has 20 heavy (non-hydrogen) atoms. The van der Waals surface area contributed by atoms with E-state index in [0.717, 1.165) is 5.56 Å². The fraction of sp³-hybridized carbons (Fsp3) is 0.0714. The van der Waals surface area contributed by atoms with Gasteiger partial charge >= 0.3 is 0 Å². The number of amides is 1. The molecular weight excluding hydrogens is 292 g/mol. The topological polar surface area (TPSA) is 46.3 Å².